The number of allylic oxidation sites excluding steroid dienone is 1. The predicted octanol–water partition coefficient (Wildman–Crippen LogP) is 2.21. The second kappa shape index (κ2) is 3.56. The van der Waals surface area contributed by atoms with Crippen LogP contribution in [0.25, 0.3) is 0 Å². The van der Waals surface area contributed by atoms with E-state index in [0.717, 1.165) is 5.57 Å². The molecule has 62 valence electrons. The van der Waals surface area contributed by atoms with Crippen molar-refractivity contribution in [2.45, 2.75) is 32.6 Å². The Kier molecular flexibility index (Phi) is 2.69. The molecule has 2 nitrogen and oxygen atoms in total. The first-order valence-corrected chi connectivity index (χ1v) is 4.11. The van der Waals surface area contributed by atoms with Crippen LogP contribution >= 0.6 is 0 Å². The molecule has 1 N–H and O–H groups in total. The highest BCUT2D eigenvalue weighted by Crippen LogP contribution is 2.30. The van der Waals surface area contributed by atoms with Crippen LogP contribution in [0, 0.1) is 5.92 Å². The van der Waals surface area contributed by atoms with E-state index >= 15 is 0 Å². The molecule has 1 rings (SSSR count). The molecule has 1 aliphatic carbocycles. The first-order valence-electron chi connectivity index (χ1n) is 4.11. The molecule has 1 fully saturated rings. The quantitative estimate of drug-likeness (QED) is 0.619. The zero-order chi connectivity index (χ0) is 8.27. The molecule has 0 radical (unpaired) electrons. The van der Waals surface area contributed by atoms with Crippen molar-refractivity contribution in [2.75, 3.05) is 0 Å². The van der Waals surface area contributed by atoms with Crippen LogP contribution in [0.1, 0.15) is 32.6 Å². The SMILES string of the molecule is CC(=CC(=O)O)C1CCCC1. The Morgan fingerprint density at radius 2 is 2.00 bits per heavy atom. The molecular formula is C9H14O2. The van der Waals surface area contributed by atoms with Gasteiger partial charge in [0.1, 0.15) is 0 Å². The molecule has 0 unspecified atom stereocenters. The van der Waals surface area contributed by atoms with E-state index < -0.39 is 5.97 Å². The summed E-state index contributed by atoms with van der Waals surface area (Å²) in [6, 6.07) is 0. The molecule has 0 atom stereocenters. The lowest BCUT2D eigenvalue weighted by molar-refractivity contribution is -0.131. The van der Waals surface area contributed by atoms with Crippen LogP contribution in [0.4, 0.5) is 0 Å². The molecule has 1 saturated carbocycles. The van der Waals surface area contributed by atoms with Crippen LogP contribution in [0.3, 0.4) is 0 Å². The minimum atomic E-state index is -0.811. The maximum Gasteiger partial charge on any atom is 0.328 e. The van der Waals surface area contributed by atoms with E-state index in [1.807, 2.05) is 6.92 Å². The number of hydrogen-bond acceptors (Lipinski definition) is 1. The van der Waals surface area contributed by atoms with E-state index in [1.165, 1.54) is 31.8 Å². The summed E-state index contributed by atoms with van der Waals surface area (Å²) in [5, 5.41) is 8.47. The third-order valence-electron chi connectivity index (χ3n) is 2.35. The maximum absolute atomic E-state index is 10.3. The van der Waals surface area contributed by atoms with Crippen molar-refractivity contribution in [3.8, 4) is 0 Å². The van der Waals surface area contributed by atoms with Gasteiger partial charge in [-0.3, -0.25) is 0 Å². The second-order valence-electron chi connectivity index (χ2n) is 3.21. The molecule has 2 heteroatoms. The molecule has 0 saturated heterocycles. The third-order valence-corrected chi connectivity index (χ3v) is 2.35. The molecule has 0 aromatic rings. The first-order chi connectivity index (χ1) is 5.20. The lowest BCUT2D eigenvalue weighted by Gasteiger charge is -2.07. The minimum Gasteiger partial charge on any atom is -0.478 e. The Morgan fingerprint density at radius 1 is 1.45 bits per heavy atom. The van der Waals surface area contributed by atoms with Gasteiger partial charge in [0.2, 0.25) is 0 Å². The largest absolute Gasteiger partial charge is 0.478 e. The molecule has 0 spiro atoms. The van der Waals surface area contributed by atoms with Gasteiger partial charge in [-0.25, -0.2) is 4.79 Å². The Hall–Kier alpha value is -0.790. The smallest absolute Gasteiger partial charge is 0.328 e. The molecule has 0 bridgehead atoms. The van der Waals surface area contributed by atoms with Gasteiger partial charge in [-0.15, -0.1) is 0 Å². The fourth-order valence-electron chi connectivity index (χ4n) is 1.69. The summed E-state index contributed by atoms with van der Waals surface area (Å²) >= 11 is 0. The first kappa shape index (κ1) is 8.31. The summed E-state index contributed by atoms with van der Waals surface area (Å²) < 4.78 is 0. The van der Waals surface area contributed by atoms with Crippen LogP contribution in [-0.2, 0) is 4.79 Å². The Morgan fingerprint density at radius 3 is 2.45 bits per heavy atom. The fourth-order valence-corrected chi connectivity index (χ4v) is 1.69. The van der Waals surface area contributed by atoms with E-state index in [2.05, 4.69) is 0 Å². The summed E-state index contributed by atoms with van der Waals surface area (Å²) in [6.45, 7) is 1.92. The van der Waals surface area contributed by atoms with Gasteiger partial charge in [0.25, 0.3) is 0 Å². The maximum atomic E-state index is 10.3. The summed E-state index contributed by atoms with van der Waals surface area (Å²) in [6.07, 6.45) is 6.21. The lowest BCUT2D eigenvalue weighted by atomic mass is 9.99. The van der Waals surface area contributed by atoms with E-state index in [9.17, 15) is 4.79 Å². The van der Waals surface area contributed by atoms with Gasteiger partial charge >= 0.3 is 5.97 Å². The van der Waals surface area contributed by atoms with Gasteiger partial charge in [-0.2, -0.15) is 0 Å². The van der Waals surface area contributed by atoms with Crippen molar-refractivity contribution in [1.82, 2.24) is 0 Å². The zero-order valence-corrected chi connectivity index (χ0v) is 6.84. The number of hydrogen-bond donors (Lipinski definition) is 1. The molecule has 1 aliphatic rings. The summed E-state index contributed by atoms with van der Waals surface area (Å²) in [5.41, 5.74) is 1.04. The lowest BCUT2D eigenvalue weighted by Crippen LogP contribution is -1.98. The Labute approximate surface area is 66.9 Å². The molecule has 0 aromatic heterocycles. The molecule has 0 aromatic carbocycles. The van der Waals surface area contributed by atoms with E-state index in [1.54, 1.807) is 0 Å². The van der Waals surface area contributed by atoms with Gasteiger partial charge in [0.05, 0.1) is 0 Å². The Bertz CT molecular complexity index is 176. The molecule has 0 aliphatic heterocycles. The topological polar surface area (TPSA) is 37.3 Å². The number of rotatable bonds is 2. The van der Waals surface area contributed by atoms with Crippen LogP contribution in [0.5, 0.6) is 0 Å². The molecule has 0 heterocycles. The summed E-state index contributed by atoms with van der Waals surface area (Å²) in [4.78, 5) is 10.3. The monoisotopic (exact) mass is 154 g/mol. The standard InChI is InChI=1S/C9H14O2/c1-7(6-9(10)11)8-4-2-3-5-8/h6,8H,2-5H2,1H3,(H,10,11). The molecule has 0 amide bonds. The average molecular weight is 154 g/mol. The second-order valence-corrected chi connectivity index (χ2v) is 3.21. The Balaban J connectivity index is 2.51. The van der Waals surface area contributed by atoms with Gasteiger partial charge in [-0.05, 0) is 25.7 Å². The highest BCUT2D eigenvalue weighted by atomic mass is 16.4. The van der Waals surface area contributed by atoms with E-state index in [0.29, 0.717) is 5.92 Å². The van der Waals surface area contributed by atoms with Gasteiger partial charge < -0.3 is 5.11 Å². The molecule has 11 heavy (non-hydrogen) atoms. The van der Waals surface area contributed by atoms with Crippen molar-refractivity contribution in [1.29, 1.82) is 0 Å². The minimum absolute atomic E-state index is 0.547. The van der Waals surface area contributed by atoms with E-state index in [4.69, 9.17) is 5.11 Å². The van der Waals surface area contributed by atoms with Crippen molar-refractivity contribution >= 4 is 5.97 Å². The van der Waals surface area contributed by atoms with Crippen LogP contribution in [-0.4, -0.2) is 11.1 Å². The van der Waals surface area contributed by atoms with Crippen molar-refractivity contribution < 1.29 is 9.90 Å². The van der Waals surface area contributed by atoms with Gasteiger partial charge in [-0.1, -0.05) is 18.4 Å². The van der Waals surface area contributed by atoms with Crippen LogP contribution < -0.4 is 0 Å². The number of carboxylic acids is 1. The van der Waals surface area contributed by atoms with Crippen molar-refractivity contribution in [3.05, 3.63) is 11.6 Å². The fraction of sp³-hybridized carbons (Fsp3) is 0.667. The van der Waals surface area contributed by atoms with E-state index in [-0.39, 0.29) is 0 Å². The number of aliphatic carboxylic acids is 1. The zero-order valence-electron chi connectivity index (χ0n) is 6.84. The summed E-state index contributed by atoms with van der Waals surface area (Å²) in [7, 11) is 0. The predicted molar refractivity (Wildman–Crippen MR) is 43.4 cm³/mol. The number of carbonyl (C=O) groups is 1. The average Bonchev–Trinajstić information content (AvgIpc) is 2.35. The number of carboxylic acid groups (broad SMARTS) is 1. The van der Waals surface area contributed by atoms with Crippen LogP contribution in [0.2, 0.25) is 0 Å². The highest BCUT2D eigenvalue weighted by molar-refractivity contribution is 5.80. The highest BCUT2D eigenvalue weighted by Gasteiger charge is 2.16. The third kappa shape index (κ3) is 2.37. The van der Waals surface area contributed by atoms with Gasteiger partial charge in [0.15, 0.2) is 0 Å². The van der Waals surface area contributed by atoms with Crippen molar-refractivity contribution in [2.24, 2.45) is 5.92 Å². The molecular weight excluding hydrogens is 140 g/mol. The van der Waals surface area contributed by atoms with Crippen LogP contribution in [0.15, 0.2) is 11.6 Å². The van der Waals surface area contributed by atoms with Crippen molar-refractivity contribution in [3.63, 3.8) is 0 Å². The van der Waals surface area contributed by atoms with Gasteiger partial charge in [0, 0.05) is 6.08 Å². The normalized spacial score (nSPS) is 20.6. The summed E-state index contributed by atoms with van der Waals surface area (Å²) in [5.74, 6) is -0.263.